The zero-order valence-electron chi connectivity index (χ0n) is 13.4. The molecule has 1 unspecified atom stereocenters. The smallest absolute Gasteiger partial charge is 0.191 e. The van der Waals surface area contributed by atoms with Crippen molar-refractivity contribution >= 4 is 23.4 Å². The van der Waals surface area contributed by atoms with Crippen LogP contribution >= 0.6 is 23.4 Å². The molecule has 0 radical (unpaired) electrons. The van der Waals surface area contributed by atoms with Gasteiger partial charge in [-0.15, -0.1) is 10.2 Å². The summed E-state index contributed by atoms with van der Waals surface area (Å²) in [6, 6.07) is 18.6. The van der Waals surface area contributed by atoms with Crippen molar-refractivity contribution in [1.29, 1.82) is 0 Å². The third kappa shape index (κ3) is 3.21. The maximum Gasteiger partial charge on any atom is 0.191 e. The lowest BCUT2D eigenvalue weighted by Gasteiger charge is -2.17. The highest BCUT2D eigenvalue weighted by molar-refractivity contribution is 7.99. The highest BCUT2D eigenvalue weighted by atomic mass is 35.5. The van der Waals surface area contributed by atoms with Crippen LogP contribution in [0.3, 0.4) is 0 Å². The molecule has 3 nitrogen and oxygen atoms in total. The molecule has 0 N–H and O–H groups in total. The quantitative estimate of drug-likeness (QED) is 0.587. The molecule has 0 spiro atoms. The summed E-state index contributed by atoms with van der Waals surface area (Å²) in [7, 11) is 2.07. The average molecular weight is 356 g/mol. The summed E-state index contributed by atoms with van der Waals surface area (Å²) >= 11 is 7.80. The number of benzene rings is 2. The molecule has 0 aliphatic heterocycles. The molecule has 1 aliphatic carbocycles. The first kappa shape index (κ1) is 15.7. The van der Waals surface area contributed by atoms with E-state index in [0.29, 0.717) is 5.92 Å². The predicted octanol–water partition coefficient (Wildman–Crippen LogP) is 5.23. The van der Waals surface area contributed by atoms with Gasteiger partial charge in [0.1, 0.15) is 5.82 Å². The average Bonchev–Trinajstić information content (AvgIpc) is 3.39. The molecule has 5 heteroatoms. The van der Waals surface area contributed by atoms with Gasteiger partial charge in [-0.25, -0.2) is 0 Å². The molecule has 4 rings (SSSR count). The van der Waals surface area contributed by atoms with E-state index in [1.165, 1.54) is 24.0 Å². The zero-order chi connectivity index (χ0) is 16.5. The summed E-state index contributed by atoms with van der Waals surface area (Å²) in [6.45, 7) is 0. The van der Waals surface area contributed by atoms with Crippen LogP contribution in [0, 0.1) is 0 Å². The van der Waals surface area contributed by atoms with E-state index in [-0.39, 0.29) is 5.25 Å². The highest BCUT2D eigenvalue weighted by Crippen LogP contribution is 2.43. The molecule has 2 aromatic carbocycles. The van der Waals surface area contributed by atoms with E-state index in [2.05, 4.69) is 58.2 Å². The van der Waals surface area contributed by atoms with Crippen LogP contribution < -0.4 is 0 Å². The molecule has 1 atom stereocenters. The lowest BCUT2D eigenvalue weighted by molar-refractivity contribution is 0.735. The van der Waals surface area contributed by atoms with Gasteiger partial charge in [0.25, 0.3) is 0 Å². The van der Waals surface area contributed by atoms with E-state index in [9.17, 15) is 0 Å². The van der Waals surface area contributed by atoms with Crippen molar-refractivity contribution in [2.24, 2.45) is 7.05 Å². The van der Waals surface area contributed by atoms with Gasteiger partial charge in [0.15, 0.2) is 5.16 Å². The fraction of sp³-hybridized carbons (Fsp3) is 0.263. The van der Waals surface area contributed by atoms with Crippen molar-refractivity contribution < 1.29 is 0 Å². The molecular formula is C19H18ClN3S. The Balaban J connectivity index is 1.69. The molecule has 24 heavy (non-hydrogen) atoms. The Bertz CT molecular complexity index is 826. The number of nitrogens with zero attached hydrogens (tertiary/aromatic N) is 3. The molecule has 1 aromatic heterocycles. The van der Waals surface area contributed by atoms with Gasteiger partial charge in [-0.3, -0.25) is 0 Å². The molecule has 1 aliphatic rings. The second-order valence-corrected chi connectivity index (χ2v) is 7.64. The maximum atomic E-state index is 6.06. The first-order valence-electron chi connectivity index (χ1n) is 8.09. The Hall–Kier alpha value is -1.78. The Kier molecular flexibility index (Phi) is 4.33. The van der Waals surface area contributed by atoms with Crippen molar-refractivity contribution in [3.63, 3.8) is 0 Å². The van der Waals surface area contributed by atoms with E-state index in [1.807, 2.05) is 18.2 Å². The summed E-state index contributed by atoms with van der Waals surface area (Å²) in [6.07, 6.45) is 2.46. The van der Waals surface area contributed by atoms with Gasteiger partial charge in [-0.1, -0.05) is 65.8 Å². The standard InChI is InChI=1S/C19H18ClN3S/c1-23-18(15-7-8-15)21-22-19(23)24-17(13-5-3-2-4-6-13)14-9-11-16(20)12-10-14/h2-6,9-12,15,17H,7-8H2,1H3. The monoisotopic (exact) mass is 355 g/mol. The van der Waals surface area contributed by atoms with Crippen LogP contribution in [-0.4, -0.2) is 14.8 Å². The summed E-state index contributed by atoms with van der Waals surface area (Å²) < 4.78 is 2.15. The van der Waals surface area contributed by atoms with Crippen molar-refractivity contribution in [3.05, 3.63) is 76.6 Å². The van der Waals surface area contributed by atoms with Crippen LogP contribution in [0.5, 0.6) is 0 Å². The van der Waals surface area contributed by atoms with Gasteiger partial charge in [-0.05, 0) is 36.1 Å². The van der Waals surface area contributed by atoms with Crippen molar-refractivity contribution in [1.82, 2.24) is 14.8 Å². The molecule has 1 heterocycles. The number of thioether (sulfide) groups is 1. The van der Waals surface area contributed by atoms with Crippen LogP contribution in [0.25, 0.3) is 0 Å². The normalized spacial score (nSPS) is 15.4. The van der Waals surface area contributed by atoms with Gasteiger partial charge >= 0.3 is 0 Å². The Morgan fingerprint density at radius 3 is 2.33 bits per heavy atom. The molecule has 1 fully saturated rings. The lowest BCUT2D eigenvalue weighted by atomic mass is 10.0. The number of rotatable bonds is 5. The molecule has 3 aromatic rings. The van der Waals surface area contributed by atoms with Crippen LogP contribution in [0.1, 0.15) is 41.0 Å². The first-order valence-corrected chi connectivity index (χ1v) is 9.34. The topological polar surface area (TPSA) is 30.7 Å². The Morgan fingerprint density at radius 2 is 1.67 bits per heavy atom. The molecule has 122 valence electrons. The second kappa shape index (κ2) is 6.61. The highest BCUT2D eigenvalue weighted by Gasteiger charge is 2.30. The summed E-state index contributed by atoms with van der Waals surface area (Å²) in [5.41, 5.74) is 2.47. The molecule has 0 bridgehead atoms. The summed E-state index contributed by atoms with van der Waals surface area (Å²) in [5.74, 6) is 1.71. The number of hydrogen-bond donors (Lipinski definition) is 0. The van der Waals surface area contributed by atoms with Gasteiger partial charge in [0.05, 0.1) is 5.25 Å². The molecule has 1 saturated carbocycles. The number of aromatic nitrogens is 3. The maximum absolute atomic E-state index is 6.06. The predicted molar refractivity (Wildman–Crippen MR) is 98.6 cm³/mol. The Morgan fingerprint density at radius 1 is 1.00 bits per heavy atom. The van der Waals surface area contributed by atoms with Crippen LogP contribution in [0.2, 0.25) is 5.02 Å². The molecule has 0 saturated heterocycles. The Labute approximate surface area is 151 Å². The van der Waals surface area contributed by atoms with Crippen molar-refractivity contribution in [2.75, 3.05) is 0 Å². The van der Waals surface area contributed by atoms with E-state index in [4.69, 9.17) is 11.6 Å². The van der Waals surface area contributed by atoms with E-state index >= 15 is 0 Å². The zero-order valence-corrected chi connectivity index (χ0v) is 15.0. The fourth-order valence-electron chi connectivity index (χ4n) is 2.83. The minimum atomic E-state index is 0.165. The minimum Gasteiger partial charge on any atom is -0.309 e. The van der Waals surface area contributed by atoms with Crippen LogP contribution in [-0.2, 0) is 7.05 Å². The SMILES string of the molecule is Cn1c(SC(c2ccccc2)c2ccc(Cl)cc2)nnc1C1CC1. The van der Waals surface area contributed by atoms with E-state index in [0.717, 1.165) is 16.0 Å². The van der Waals surface area contributed by atoms with Gasteiger partial charge in [-0.2, -0.15) is 0 Å². The van der Waals surface area contributed by atoms with E-state index < -0.39 is 0 Å². The fourth-order valence-corrected chi connectivity index (χ4v) is 4.09. The van der Waals surface area contributed by atoms with E-state index in [1.54, 1.807) is 11.8 Å². The summed E-state index contributed by atoms with van der Waals surface area (Å²) in [4.78, 5) is 0. The number of halogens is 1. The molecule has 0 amide bonds. The molecular weight excluding hydrogens is 338 g/mol. The van der Waals surface area contributed by atoms with Gasteiger partial charge in [0.2, 0.25) is 0 Å². The third-order valence-corrected chi connectivity index (χ3v) is 5.91. The summed E-state index contributed by atoms with van der Waals surface area (Å²) in [5, 5.41) is 10.7. The third-order valence-electron chi connectivity index (χ3n) is 4.31. The van der Waals surface area contributed by atoms with Crippen LogP contribution in [0.15, 0.2) is 59.8 Å². The minimum absolute atomic E-state index is 0.165. The van der Waals surface area contributed by atoms with Crippen molar-refractivity contribution in [2.45, 2.75) is 29.2 Å². The second-order valence-electron chi connectivity index (χ2n) is 6.13. The van der Waals surface area contributed by atoms with Crippen LogP contribution in [0.4, 0.5) is 0 Å². The first-order chi connectivity index (χ1) is 11.7. The lowest BCUT2D eigenvalue weighted by Crippen LogP contribution is -2.01. The van der Waals surface area contributed by atoms with Gasteiger partial charge < -0.3 is 4.57 Å². The van der Waals surface area contributed by atoms with Crippen molar-refractivity contribution in [3.8, 4) is 0 Å². The number of hydrogen-bond acceptors (Lipinski definition) is 3. The largest absolute Gasteiger partial charge is 0.309 e. The van der Waals surface area contributed by atoms with Gasteiger partial charge in [0, 0.05) is 18.0 Å².